The highest BCUT2D eigenvalue weighted by molar-refractivity contribution is 6.32. The van der Waals surface area contributed by atoms with Crippen LogP contribution in [0.1, 0.15) is 5.56 Å². The molecular weight excluding hydrogens is 302 g/mol. The third-order valence-electron chi connectivity index (χ3n) is 2.53. The summed E-state index contributed by atoms with van der Waals surface area (Å²) in [7, 11) is 0. The summed E-state index contributed by atoms with van der Waals surface area (Å²) < 4.78 is 32.1. The molecule has 0 aliphatic carbocycles. The van der Waals surface area contributed by atoms with Gasteiger partial charge in [0, 0.05) is 11.6 Å². The van der Waals surface area contributed by atoms with E-state index in [2.05, 4.69) is 0 Å². The molecule has 0 radical (unpaired) electrons. The van der Waals surface area contributed by atoms with E-state index in [4.69, 9.17) is 21.4 Å². The van der Waals surface area contributed by atoms with Gasteiger partial charge in [-0.15, -0.1) is 0 Å². The number of halogens is 3. The Morgan fingerprint density at radius 1 is 1.19 bits per heavy atom. The zero-order valence-electron chi connectivity index (χ0n) is 10.5. The topological polar surface area (TPSA) is 46.5 Å². The maximum Gasteiger partial charge on any atom is 0.328 e. The van der Waals surface area contributed by atoms with Crippen molar-refractivity contribution in [2.24, 2.45) is 0 Å². The predicted octanol–water partition coefficient (Wildman–Crippen LogP) is 4.51. The van der Waals surface area contributed by atoms with Gasteiger partial charge in [-0.2, -0.15) is 4.39 Å². The zero-order valence-corrected chi connectivity index (χ0v) is 11.3. The van der Waals surface area contributed by atoms with E-state index in [-0.39, 0.29) is 16.5 Å². The van der Waals surface area contributed by atoms with E-state index in [9.17, 15) is 13.6 Å². The first kappa shape index (κ1) is 15.0. The molecule has 108 valence electrons. The van der Waals surface area contributed by atoms with Gasteiger partial charge in [-0.3, -0.25) is 0 Å². The number of ether oxygens (including phenoxy) is 1. The SMILES string of the molecule is O=C(O)/C=C/c1cccc(Cl)c1Oc1cccc(F)c1F. The molecule has 0 aliphatic heterocycles. The largest absolute Gasteiger partial charge is 0.478 e. The molecule has 2 rings (SSSR count). The Bertz CT molecular complexity index is 714. The minimum Gasteiger partial charge on any atom is -0.478 e. The van der Waals surface area contributed by atoms with Gasteiger partial charge in [-0.25, -0.2) is 9.18 Å². The summed E-state index contributed by atoms with van der Waals surface area (Å²) in [4.78, 5) is 10.6. The highest BCUT2D eigenvalue weighted by Gasteiger charge is 2.13. The molecule has 0 spiro atoms. The van der Waals surface area contributed by atoms with E-state index in [1.807, 2.05) is 0 Å². The molecule has 6 heteroatoms. The normalized spacial score (nSPS) is 10.8. The average Bonchev–Trinajstić information content (AvgIpc) is 2.44. The molecule has 0 aliphatic rings. The van der Waals surface area contributed by atoms with Gasteiger partial charge in [0.15, 0.2) is 17.3 Å². The number of hydrogen-bond acceptors (Lipinski definition) is 2. The van der Waals surface area contributed by atoms with Crippen molar-refractivity contribution in [3.63, 3.8) is 0 Å². The van der Waals surface area contributed by atoms with Crippen LogP contribution >= 0.6 is 11.6 Å². The van der Waals surface area contributed by atoms with Crippen LogP contribution in [0.15, 0.2) is 42.5 Å². The van der Waals surface area contributed by atoms with Crippen molar-refractivity contribution < 1.29 is 23.4 Å². The predicted molar refractivity (Wildman–Crippen MR) is 74.6 cm³/mol. The molecule has 0 unspecified atom stereocenters. The van der Waals surface area contributed by atoms with Crippen molar-refractivity contribution in [1.82, 2.24) is 0 Å². The number of aliphatic carboxylic acids is 1. The van der Waals surface area contributed by atoms with Gasteiger partial charge in [-0.1, -0.05) is 29.8 Å². The van der Waals surface area contributed by atoms with Crippen LogP contribution in [0, 0.1) is 11.6 Å². The van der Waals surface area contributed by atoms with Crippen LogP contribution in [0.3, 0.4) is 0 Å². The van der Waals surface area contributed by atoms with Crippen molar-refractivity contribution in [1.29, 1.82) is 0 Å². The molecule has 0 heterocycles. The van der Waals surface area contributed by atoms with E-state index in [0.717, 1.165) is 12.1 Å². The number of benzene rings is 2. The Morgan fingerprint density at radius 3 is 2.62 bits per heavy atom. The van der Waals surface area contributed by atoms with Crippen molar-refractivity contribution >= 4 is 23.6 Å². The third kappa shape index (κ3) is 3.58. The molecule has 1 N–H and O–H groups in total. The quantitative estimate of drug-likeness (QED) is 0.845. The van der Waals surface area contributed by atoms with Gasteiger partial charge >= 0.3 is 5.97 Å². The molecule has 0 saturated carbocycles. The molecule has 3 nitrogen and oxygen atoms in total. The van der Waals surface area contributed by atoms with Gasteiger partial charge in [0.05, 0.1) is 5.02 Å². The summed E-state index contributed by atoms with van der Waals surface area (Å²) in [5.41, 5.74) is 0.327. The Labute approximate surface area is 124 Å². The molecule has 0 amide bonds. The molecular formula is C15H9ClF2O3. The first-order chi connectivity index (χ1) is 9.99. The lowest BCUT2D eigenvalue weighted by Gasteiger charge is -2.11. The average molecular weight is 311 g/mol. The van der Waals surface area contributed by atoms with E-state index >= 15 is 0 Å². The van der Waals surface area contributed by atoms with Crippen molar-refractivity contribution in [2.75, 3.05) is 0 Å². The van der Waals surface area contributed by atoms with Crippen molar-refractivity contribution in [2.45, 2.75) is 0 Å². The molecule has 2 aromatic rings. The second kappa shape index (κ2) is 6.37. The fraction of sp³-hybridized carbons (Fsp3) is 0. The molecule has 21 heavy (non-hydrogen) atoms. The summed E-state index contributed by atoms with van der Waals surface area (Å²) in [6.07, 6.45) is 2.14. The number of carbonyl (C=O) groups is 1. The third-order valence-corrected chi connectivity index (χ3v) is 2.83. The zero-order chi connectivity index (χ0) is 15.4. The summed E-state index contributed by atoms with van der Waals surface area (Å²) in [6.45, 7) is 0. The molecule has 0 bridgehead atoms. The standard InChI is InChI=1S/C15H9ClF2O3/c16-10-4-1-3-9(7-8-13(19)20)15(10)21-12-6-2-5-11(17)14(12)18/h1-8H,(H,19,20)/b8-7+. The van der Waals surface area contributed by atoms with Crippen molar-refractivity contribution in [3.8, 4) is 11.5 Å². The second-order valence-electron chi connectivity index (χ2n) is 3.98. The summed E-state index contributed by atoms with van der Waals surface area (Å²) in [5, 5.41) is 8.78. The summed E-state index contributed by atoms with van der Waals surface area (Å²) in [6, 6.07) is 8.10. The van der Waals surface area contributed by atoms with Gasteiger partial charge in [0.2, 0.25) is 5.82 Å². The monoisotopic (exact) mass is 310 g/mol. The molecule has 0 aromatic heterocycles. The lowest BCUT2D eigenvalue weighted by molar-refractivity contribution is -0.131. The molecule has 0 fully saturated rings. The van der Waals surface area contributed by atoms with Crippen LogP contribution in [-0.2, 0) is 4.79 Å². The Kier molecular flexibility index (Phi) is 4.55. The lowest BCUT2D eigenvalue weighted by atomic mass is 10.2. The Balaban J connectivity index is 2.43. The minimum absolute atomic E-state index is 0.0427. The van der Waals surface area contributed by atoms with Crippen LogP contribution in [0.4, 0.5) is 8.78 Å². The number of rotatable bonds is 4. The second-order valence-corrected chi connectivity index (χ2v) is 4.39. The highest BCUT2D eigenvalue weighted by atomic mass is 35.5. The van der Waals surface area contributed by atoms with Crippen molar-refractivity contribution in [3.05, 3.63) is 64.7 Å². The maximum atomic E-state index is 13.6. The van der Waals surface area contributed by atoms with Crippen LogP contribution in [0.25, 0.3) is 6.08 Å². The Morgan fingerprint density at radius 2 is 1.90 bits per heavy atom. The van der Waals surface area contributed by atoms with Crippen LogP contribution in [-0.4, -0.2) is 11.1 Å². The lowest BCUT2D eigenvalue weighted by Crippen LogP contribution is -1.94. The van der Waals surface area contributed by atoms with Crippen LogP contribution in [0.2, 0.25) is 5.02 Å². The fourth-order valence-electron chi connectivity index (χ4n) is 1.60. The first-order valence-electron chi connectivity index (χ1n) is 5.80. The summed E-state index contributed by atoms with van der Waals surface area (Å²) >= 11 is 5.96. The number of para-hydroxylation sites is 1. The number of carboxylic acids is 1. The van der Waals surface area contributed by atoms with Crippen LogP contribution in [0.5, 0.6) is 11.5 Å². The smallest absolute Gasteiger partial charge is 0.328 e. The van der Waals surface area contributed by atoms with E-state index in [1.165, 1.54) is 30.3 Å². The highest BCUT2D eigenvalue weighted by Crippen LogP contribution is 2.35. The fourth-order valence-corrected chi connectivity index (χ4v) is 1.82. The minimum atomic E-state index is -1.15. The van der Waals surface area contributed by atoms with Gasteiger partial charge in [0.25, 0.3) is 0 Å². The summed E-state index contributed by atoms with van der Waals surface area (Å²) in [5.74, 6) is -3.65. The Hall–Kier alpha value is -2.40. The molecule has 0 atom stereocenters. The van der Waals surface area contributed by atoms with Crippen LogP contribution < -0.4 is 4.74 Å². The van der Waals surface area contributed by atoms with Gasteiger partial charge < -0.3 is 9.84 Å². The van der Waals surface area contributed by atoms with E-state index < -0.39 is 17.6 Å². The van der Waals surface area contributed by atoms with Gasteiger partial charge in [-0.05, 0) is 24.3 Å². The number of carboxylic acid groups (broad SMARTS) is 1. The first-order valence-corrected chi connectivity index (χ1v) is 6.18. The van der Waals surface area contributed by atoms with Gasteiger partial charge in [0.1, 0.15) is 0 Å². The maximum absolute atomic E-state index is 13.6. The molecule has 2 aromatic carbocycles. The van der Waals surface area contributed by atoms with E-state index in [0.29, 0.717) is 5.56 Å². The molecule has 0 saturated heterocycles. The number of hydrogen-bond donors (Lipinski definition) is 1. The van der Waals surface area contributed by atoms with E-state index in [1.54, 1.807) is 6.07 Å².